The van der Waals surface area contributed by atoms with Crippen molar-refractivity contribution in [3.05, 3.63) is 23.3 Å². The lowest BCUT2D eigenvalue weighted by Gasteiger charge is -2.24. The number of amides is 1. The molecule has 0 atom stereocenters. The Kier molecular flexibility index (Phi) is 2.64. The van der Waals surface area contributed by atoms with Gasteiger partial charge in [-0.25, -0.2) is 0 Å². The molecule has 92 valence electrons. The number of anilines is 1. The molecule has 1 aromatic carbocycles. The van der Waals surface area contributed by atoms with E-state index in [0.29, 0.717) is 6.61 Å². The number of rotatable bonds is 0. The molecular formula is C14H19NO2. The second-order valence-corrected chi connectivity index (χ2v) is 5.39. The van der Waals surface area contributed by atoms with Gasteiger partial charge in [-0.3, -0.25) is 4.79 Å². The van der Waals surface area contributed by atoms with Gasteiger partial charge >= 0.3 is 0 Å². The van der Waals surface area contributed by atoms with Gasteiger partial charge in [0.1, 0.15) is 12.4 Å². The molecule has 0 spiro atoms. The predicted octanol–water partition coefficient (Wildman–Crippen LogP) is 2.68. The number of carbonyl (C=O) groups excluding carboxylic acids is 1. The summed E-state index contributed by atoms with van der Waals surface area (Å²) in [6.45, 7) is 8.34. The second-order valence-electron chi connectivity index (χ2n) is 5.39. The van der Waals surface area contributed by atoms with Crippen LogP contribution in [0.1, 0.15) is 25.0 Å². The van der Waals surface area contributed by atoms with Gasteiger partial charge < -0.3 is 9.64 Å². The van der Waals surface area contributed by atoms with Crippen LogP contribution in [-0.2, 0) is 4.79 Å². The van der Waals surface area contributed by atoms with Crippen LogP contribution >= 0.6 is 0 Å². The van der Waals surface area contributed by atoms with Crippen molar-refractivity contribution in [1.82, 2.24) is 0 Å². The minimum Gasteiger partial charge on any atom is -0.490 e. The lowest BCUT2D eigenvalue weighted by molar-refractivity contribution is -0.127. The van der Waals surface area contributed by atoms with Gasteiger partial charge in [-0.2, -0.15) is 0 Å². The summed E-state index contributed by atoms with van der Waals surface area (Å²) in [6, 6.07) is 3.98. The Morgan fingerprint density at radius 1 is 1.29 bits per heavy atom. The number of nitrogens with zero attached hydrogens (tertiary/aromatic N) is 1. The highest BCUT2D eigenvalue weighted by molar-refractivity contribution is 5.99. The average Bonchev–Trinajstić information content (AvgIpc) is 2.36. The number of aryl methyl sites for hydroxylation is 1. The summed E-state index contributed by atoms with van der Waals surface area (Å²) >= 11 is 0. The fourth-order valence-corrected chi connectivity index (χ4v) is 2.10. The molecule has 2 rings (SSSR count). The maximum Gasteiger partial charge on any atom is 0.235 e. The summed E-state index contributed by atoms with van der Waals surface area (Å²) in [5.74, 6) is 0.936. The summed E-state index contributed by atoms with van der Waals surface area (Å²) in [5, 5.41) is 0. The van der Waals surface area contributed by atoms with E-state index in [1.807, 2.05) is 40.0 Å². The average molecular weight is 233 g/mol. The number of benzene rings is 1. The molecule has 0 unspecified atom stereocenters. The number of fused-ring (bicyclic) bond motifs is 1. The first-order valence-electron chi connectivity index (χ1n) is 5.86. The van der Waals surface area contributed by atoms with Gasteiger partial charge in [0, 0.05) is 7.05 Å². The summed E-state index contributed by atoms with van der Waals surface area (Å²) in [7, 11) is 1.81. The van der Waals surface area contributed by atoms with Crippen LogP contribution in [0.2, 0.25) is 0 Å². The van der Waals surface area contributed by atoms with E-state index >= 15 is 0 Å². The third-order valence-corrected chi connectivity index (χ3v) is 3.48. The van der Waals surface area contributed by atoms with Crippen LogP contribution in [0.25, 0.3) is 0 Å². The zero-order chi connectivity index (χ0) is 12.8. The van der Waals surface area contributed by atoms with Crippen molar-refractivity contribution in [2.24, 2.45) is 5.41 Å². The molecular weight excluding hydrogens is 214 g/mol. The molecule has 17 heavy (non-hydrogen) atoms. The largest absolute Gasteiger partial charge is 0.490 e. The van der Waals surface area contributed by atoms with Gasteiger partial charge in [0.15, 0.2) is 0 Å². The van der Waals surface area contributed by atoms with Crippen molar-refractivity contribution in [2.45, 2.75) is 27.7 Å². The minimum absolute atomic E-state index is 0.0968. The van der Waals surface area contributed by atoms with Crippen molar-refractivity contribution >= 4 is 11.6 Å². The topological polar surface area (TPSA) is 29.5 Å². The molecule has 0 radical (unpaired) electrons. The molecule has 1 aromatic rings. The lowest BCUT2D eigenvalue weighted by Crippen LogP contribution is -2.39. The molecule has 0 saturated carbocycles. The SMILES string of the molecule is Cc1ccc2c(c1C)OCC(C)(C)C(=O)N2C. The van der Waals surface area contributed by atoms with Crippen molar-refractivity contribution in [2.75, 3.05) is 18.6 Å². The predicted molar refractivity (Wildman–Crippen MR) is 68.6 cm³/mol. The fraction of sp³-hybridized carbons (Fsp3) is 0.500. The monoisotopic (exact) mass is 233 g/mol. The standard InChI is InChI=1S/C14H19NO2/c1-9-6-7-11-12(10(9)2)17-8-14(3,4)13(16)15(11)5/h6-7H,8H2,1-5H3. The molecule has 0 aliphatic carbocycles. The first-order chi connectivity index (χ1) is 7.84. The number of hydrogen-bond donors (Lipinski definition) is 0. The molecule has 1 aliphatic rings. The lowest BCUT2D eigenvalue weighted by atomic mass is 9.93. The molecule has 0 N–H and O–H groups in total. The van der Waals surface area contributed by atoms with Crippen LogP contribution in [-0.4, -0.2) is 19.6 Å². The Labute approximate surface area is 102 Å². The van der Waals surface area contributed by atoms with Crippen molar-refractivity contribution in [3.63, 3.8) is 0 Å². The smallest absolute Gasteiger partial charge is 0.235 e. The Hall–Kier alpha value is -1.51. The third-order valence-electron chi connectivity index (χ3n) is 3.48. The number of ether oxygens (including phenoxy) is 1. The zero-order valence-electron chi connectivity index (χ0n) is 11.1. The molecule has 0 saturated heterocycles. The Morgan fingerprint density at radius 3 is 2.59 bits per heavy atom. The highest BCUT2D eigenvalue weighted by Crippen LogP contribution is 2.38. The van der Waals surface area contributed by atoms with E-state index in [1.165, 1.54) is 5.56 Å². The van der Waals surface area contributed by atoms with Gasteiger partial charge in [0.25, 0.3) is 0 Å². The summed E-state index contributed by atoms with van der Waals surface area (Å²) in [4.78, 5) is 14.0. The van der Waals surface area contributed by atoms with Gasteiger partial charge in [0.05, 0.1) is 11.1 Å². The Balaban J connectivity index is 2.58. The van der Waals surface area contributed by atoms with Crippen LogP contribution < -0.4 is 9.64 Å². The van der Waals surface area contributed by atoms with E-state index in [0.717, 1.165) is 17.0 Å². The van der Waals surface area contributed by atoms with E-state index in [4.69, 9.17) is 4.74 Å². The molecule has 3 nitrogen and oxygen atoms in total. The zero-order valence-corrected chi connectivity index (χ0v) is 11.1. The van der Waals surface area contributed by atoms with E-state index in [1.54, 1.807) is 4.90 Å². The molecule has 0 bridgehead atoms. The van der Waals surface area contributed by atoms with Crippen molar-refractivity contribution < 1.29 is 9.53 Å². The second kappa shape index (κ2) is 3.76. The van der Waals surface area contributed by atoms with Crippen molar-refractivity contribution in [3.8, 4) is 5.75 Å². The maximum absolute atomic E-state index is 12.3. The van der Waals surface area contributed by atoms with Gasteiger partial charge in [-0.05, 0) is 44.9 Å². The first-order valence-corrected chi connectivity index (χ1v) is 5.86. The van der Waals surface area contributed by atoms with E-state index in [9.17, 15) is 4.79 Å². The molecule has 1 heterocycles. The van der Waals surface area contributed by atoms with Gasteiger partial charge in [-0.15, -0.1) is 0 Å². The van der Waals surface area contributed by atoms with E-state index in [2.05, 4.69) is 6.92 Å². The molecule has 3 heteroatoms. The number of carbonyl (C=O) groups is 1. The van der Waals surface area contributed by atoms with Crippen LogP contribution in [0.5, 0.6) is 5.75 Å². The van der Waals surface area contributed by atoms with Crippen LogP contribution in [0.3, 0.4) is 0 Å². The summed E-state index contributed by atoms with van der Waals surface area (Å²) < 4.78 is 5.85. The van der Waals surface area contributed by atoms with Crippen molar-refractivity contribution in [1.29, 1.82) is 0 Å². The normalized spacial score (nSPS) is 18.4. The molecule has 0 fully saturated rings. The quantitative estimate of drug-likeness (QED) is 0.689. The summed E-state index contributed by atoms with van der Waals surface area (Å²) in [6.07, 6.45) is 0. The van der Waals surface area contributed by atoms with Gasteiger partial charge in [0.2, 0.25) is 5.91 Å². The number of hydrogen-bond acceptors (Lipinski definition) is 2. The summed E-state index contributed by atoms with van der Waals surface area (Å²) in [5.41, 5.74) is 2.68. The van der Waals surface area contributed by atoms with E-state index in [-0.39, 0.29) is 5.91 Å². The highest BCUT2D eigenvalue weighted by atomic mass is 16.5. The van der Waals surface area contributed by atoms with Crippen LogP contribution in [0.4, 0.5) is 5.69 Å². The highest BCUT2D eigenvalue weighted by Gasteiger charge is 2.36. The third kappa shape index (κ3) is 1.79. The van der Waals surface area contributed by atoms with E-state index < -0.39 is 5.41 Å². The maximum atomic E-state index is 12.3. The molecule has 1 aliphatic heterocycles. The van der Waals surface area contributed by atoms with Gasteiger partial charge in [-0.1, -0.05) is 6.07 Å². The minimum atomic E-state index is -0.478. The van der Waals surface area contributed by atoms with Crippen LogP contribution in [0.15, 0.2) is 12.1 Å². The fourth-order valence-electron chi connectivity index (χ4n) is 2.10. The Bertz CT molecular complexity index is 477. The molecule has 1 amide bonds. The Morgan fingerprint density at radius 2 is 1.94 bits per heavy atom. The van der Waals surface area contributed by atoms with Crippen LogP contribution in [0, 0.1) is 19.3 Å². The molecule has 0 aromatic heterocycles. The first kappa shape index (κ1) is 12.0.